The number of unbranched alkanes of at least 4 members (excludes halogenated alkanes) is 4. The Hall–Kier alpha value is -0.530. The number of hydrogen-bond donors (Lipinski definition) is 0. The van der Waals surface area contributed by atoms with Gasteiger partial charge in [0.2, 0.25) is 0 Å². The van der Waals surface area contributed by atoms with Gasteiger partial charge in [0.25, 0.3) is 0 Å². The van der Waals surface area contributed by atoms with Crippen molar-refractivity contribution in [3.8, 4) is 0 Å². The molecule has 134 valence electrons. The topological polar surface area (TPSA) is 26.3 Å². The summed E-state index contributed by atoms with van der Waals surface area (Å²) in [7, 11) is 0. The Morgan fingerprint density at radius 1 is 0.826 bits per heavy atom. The molecule has 2 aliphatic carbocycles. The zero-order chi connectivity index (χ0) is 16.5. The molecule has 0 spiro atoms. The van der Waals surface area contributed by atoms with Crippen molar-refractivity contribution in [2.45, 2.75) is 110 Å². The molecule has 0 amide bonds. The van der Waals surface area contributed by atoms with Gasteiger partial charge in [-0.1, -0.05) is 58.3 Å². The van der Waals surface area contributed by atoms with Crippen molar-refractivity contribution in [2.24, 2.45) is 17.8 Å². The number of hydrogen-bond acceptors (Lipinski definition) is 2. The molecule has 0 atom stereocenters. The lowest BCUT2D eigenvalue weighted by molar-refractivity contribution is -0.148. The second-order valence-corrected chi connectivity index (χ2v) is 8.13. The minimum absolute atomic E-state index is 0.104. The molecule has 0 aromatic carbocycles. The highest BCUT2D eigenvalue weighted by Crippen LogP contribution is 2.41. The number of ether oxygens (including phenoxy) is 1. The highest BCUT2D eigenvalue weighted by molar-refractivity contribution is 5.66. The van der Waals surface area contributed by atoms with Gasteiger partial charge < -0.3 is 4.74 Å². The molecule has 0 aliphatic heterocycles. The van der Waals surface area contributed by atoms with E-state index >= 15 is 0 Å². The van der Waals surface area contributed by atoms with Crippen LogP contribution in [0.3, 0.4) is 0 Å². The third kappa shape index (κ3) is 6.85. The SMILES string of the molecule is CCCCCCC[C@H]1CC[C@H]([C@H]2CC[C@H](OC(C)=O)CC2)CC1. The molecule has 2 nitrogen and oxygen atoms in total. The van der Waals surface area contributed by atoms with Crippen LogP contribution < -0.4 is 0 Å². The van der Waals surface area contributed by atoms with Gasteiger partial charge in [0.05, 0.1) is 0 Å². The molecule has 0 heterocycles. The largest absolute Gasteiger partial charge is 0.463 e. The lowest BCUT2D eigenvalue weighted by atomic mass is 9.70. The van der Waals surface area contributed by atoms with Crippen LogP contribution in [0.4, 0.5) is 0 Å². The van der Waals surface area contributed by atoms with Gasteiger partial charge in [-0.05, 0) is 56.3 Å². The minimum Gasteiger partial charge on any atom is -0.463 e. The van der Waals surface area contributed by atoms with E-state index in [1.165, 1.54) is 84.0 Å². The zero-order valence-electron chi connectivity index (χ0n) is 15.5. The van der Waals surface area contributed by atoms with Crippen LogP contribution in [0.25, 0.3) is 0 Å². The van der Waals surface area contributed by atoms with Gasteiger partial charge in [0, 0.05) is 6.92 Å². The molecule has 0 aromatic heterocycles. The van der Waals surface area contributed by atoms with Gasteiger partial charge in [-0.2, -0.15) is 0 Å². The minimum atomic E-state index is -0.104. The van der Waals surface area contributed by atoms with E-state index in [2.05, 4.69) is 6.92 Å². The summed E-state index contributed by atoms with van der Waals surface area (Å²) in [5.41, 5.74) is 0. The number of carbonyl (C=O) groups excluding carboxylic acids is 1. The van der Waals surface area contributed by atoms with Crippen LogP contribution in [0.15, 0.2) is 0 Å². The van der Waals surface area contributed by atoms with Gasteiger partial charge in [-0.25, -0.2) is 0 Å². The monoisotopic (exact) mass is 322 g/mol. The Labute approximate surface area is 143 Å². The van der Waals surface area contributed by atoms with E-state index in [0.29, 0.717) is 0 Å². The molecule has 23 heavy (non-hydrogen) atoms. The lowest BCUT2D eigenvalue weighted by Crippen LogP contribution is -2.29. The first-order valence-corrected chi connectivity index (χ1v) is 10.4. The highest BCUT2D eigenvalue weighted by Gasteiger charge is 2.31. The van der Waals surface area contributed by atoms with Crippen LogP contribution in [-0.4, -0.2) is 12.1 Å². The van der Waals surface area contributed by atoms with Crippen molar-refractivity contribution in [3.63, 3.8) is 0 Å². The molecule has 2 aliphatic rings. The molecule has 0 radical (unpaired) electrons. The fourth-order valence-electron chi connectivity index (χ4n) is 4.90. The maximum absolute atomic E-state index is 11.1. The maximum Gasteiger partial charge on any atom is 0.302 e. The van der Waals surface area contributed by atoms with E-state index in [4.69, 9.17) is 4.74 Å². The molecular formula is C21H38O2. The predicted molar refractivity (Wildman–Crippen MR) is 96.3 cm³/mol. The van der Waals surface area contributed by atoms with Crippen LogP contribution in [-0.2, 0) is 9.53 Å². The first-order chi connectivity index (χ1) is 11.2. The van der Waals surface area contributed by atoms with Crippen molar-refractivity contribution in [3.05, 3.63) is 0 Å². The standard InChI is InChI=1S/C21H38O2/c1-3-4-5-6-7-8-18-9-11-19(12-10-18)20-13-15-21(16-14-20)23-17(2)22/h18-21H,3-16H2,1-2H3/t18-,19-,20-,21-. The highest BCUT2D eigenvalue weighted by atomic mass is 16.5. The molecule has 0 bridgehead atoms. The summed E-state index contributed by atoms with van der Waals surface area (Å²) in [6.45, 7) is 3.83. The maximum atomic E-state index is 11.1. The molecule has 2 saturated carbocycles. The Balaban J connectivity index is 1.57. The van der Waals surface area contributed by atoms with Crippen LogP contribution in [0.1, 0.15) is 104 Å². The predicted octanol–water partition coefficient (Wildman–Crippen LogP) is 6.28. The van der Waals surface area contributed by atoms with Crippen LogP contribution in [0.5, 0.6) is 0 Å². The summed E-state index contributed by atoms with van der Waals surface area (Å²) in [4.78, 5) is 11.1. The van der Waals surface area contributed by atoms with E-state index in [0.717, 1.165) is 30.6 Å². The van der Waals surface area contributed by atoms with Crippen LogP contribution >= 0.6 is 0 Å². The second kappa shape index (κ2) is 10.4. The van der Waals surface area contributed by atoms with Gasteiger partial charge >= 0.3 is 5.97 Å². The molecule has 2 rings (SSSR count). The fraction of sp³-hybridized carbons (Fsp3) is 0.952. The van der Waals surface area contributed by atoms with Gasteiger partial charge in [0.15, 0.2) is 0 Å². The first kappa shape index (κ1) is 18.8. The van der Waals surface area contributed by atoms with E-state index < -0.39 is 0 Å². The fourth-order valence-corrected chi connectivity index (χ4v) is 4.90. The zero-order valence-corrected chi connectivity index (χ0v) is 15.5. The Morgan fingerprint density at radius 3 is 1.96 bits per heavy atom. The summed E-state index contributed by atoms with van der Waals surface area (Å²) in [6, 6.07) is 0. The van der Waals surface area contributed by atoms with Crippen molar-refractivity contribution in [1.29, 1.82) is 0 Å². The van der Waals surface area contributed by atoms with Gasteiger partial charge in [-0.3, -0.25) is 4.79 Å². The van der Waals surface area contributed by atoms with Gasteiger partial charge in [-0.15, -0.1) is 0 Å². The number of carbonyl (C=O) groups is 1. The average Bonchev–Trinajstić information content (AvgIpc) is 2.55. The summed E-state index contributed by atoms with van der Waals surface area (Å²) in [5, 5.41) is 0. The third-order valence-corrected chi connectivity index (χ3v) is 6.33. The van der Waals surface area contributed by atoms with E-state index in [-0.39, 0.29) is 12.1 Å². The Kier molecular flexibility index (Phi) is 8.47. The van der Waals surface area contributed by atoms with Crippen molar-refractivity contribution >= 4 is 5.97 Å². The van der Waals surface area contributed by atoms with E-state index in [9.17, 15) is 4.79 Å². The van der Waals surface area contributed by atoms with E-state index in [1.807, 2.05) is 0 Å². The van der Waals surface area contributed by atoms with Crippen molar-refractivity contribution in [2.75, 3.05) is 0 Å². The smallest absolute Gasteiger partial charge is 0.302 e. The molecule has 0 unspecified atom stereocenters. The quantitative estimate of drug-likeness (QED) is 0.388. The summed E-state index contributed by atoms with van der Waals surface area (Å²) in [6.07, 6.45) is 19.5. The lowest BCUT2D eigenvalue weighted by Gasteiger charge is -2.37. The van der Waals surface area contributed by atoms with Crippen molar-refractivity contribution in [1.82, 2.24) is 0 Å². The Morgan fingerprint density at radius 2 is 1.39 bits per heavy atom. The number of esters is 1. The summed E-state index contributed by atoms with van der Waals surface area (Å²) < 4.78 is 5.38. The molecule has 0 saturated heterocycles. The van der Waals surface area contributed by atoms with Gasteiger partial charge in [0.1, 0.15) is 6.10 Å². The normalized spacial score (nSPS) is 31.7. The molecule has 0 N–H and O–H groups in total. The molecule has 0 aromatic rings. The Bertz CT molecular complexity index is 323. The first-order valence-electron chi connectivity index (χ1n) is 10.4. The molecule has 2 fully saturated rings. The average molecular weight is 323 g/mol. The summed E-state index contributed by atoms with van der Waals surface area (Å²) >= 11 is 0. The van der Waals surface area contributed by atoms with E-state index in [1.54, 1.807) is 0 Å². The van der Waals surface area contributed by atoms with Crippen LogP contribution in [0.2, 0.25) is 0 Å². The molecular weight excluding hydrogens is 284 g/mol. The molecule has 2 heteroatoms. The van der Waals surface area contributed by atoms with Crippen LogP contribution in [0, 0.1) is 17.8 Å². The van der Waals surface area contributed by atoms with Crippen molar-refractivity contribution < 1.29 is 9.53 Å². The third-order valence-electron chi connectivity index (χ3n) is 6.33. The number of rotatable bonds is 8. The second-order valence-electron chi connectivity index (χ2n) is 8.13. The summed E-state index contributed by atoms with van der Waals surface area (Å²) in [5.74, 6) is 2.79.